The van der Waals surface area contributed by atoms with E-state index in [1.54, 1.807) is 0 Å². The number of Topliss-reactive ketones (excluding diaryl/α,β-unsaturated/α-hetero) is 1. The van der Waals surface area contributed by atoms with E-state index in [0.29, 0.717) is 12.8 Å². The van der Waals surface area contributed by atoms with E-state index < -0.39 is 11.5 Å². The lowest BCUT2D eigenvalue weighted by Gasteiger charge is -2.27. The van der Waals surface area contributed by atoms with E-state index in [0.717, 1.165) is 18.4 Å². The number of carbonyl (C=O) groups excluding carboxylic acids is 1. The minimum atomic E-state index is -0.545. The standard InChI is InChI=1S/C13H14O2/c14-11-5-6-12(15)13(11)8-7-9-3-1-2-4-10(9)13/h1-4,11,14H,5-8H2/t11-,13-/m1/s1. The summed E-state index contributed by atoms with van der Waals surface area (Å²) in [4.78, 5) is 12.0. The Morgan fingerprint density at radius 3 is 2.80 bits per heavy atom. The van der Waals surface area contributed by atoms with Crippen molar-refractivity contribution >= 4 is 5.78 Å². The van der Waals surface area contributed by atoms with E-state index in [4.69, 9.17) is 0 Å². The Labute approximate surface area is 88.9 Å². The summed E-state index contributed by atoms with van der Waals surface area (Å²) in [6.07, 6.45) is 2.43. The molecule has 2 atom stereocenters. The molecule has 2 heteroatoms. The first-order valence-electron chi connectivity index (χ1n) is 5.55. The van der Waals surface area contributed by atoms with Crippen molar-refractivity contribution in [1.82, 2.24) is 0 Å². The third-order valence-corrected chi connectivity index (χ3v) is 4.00. The normalized spacial score (nSPS) is 33.7. The van der Waals surface area contributed by atoms with Crippen LogP contribution in [-0.4, -0.2) is 17.0 Å². The molecule has 0 heterocycles. The monoisotopic (exact) mass is 202 g/mol. The SMILES string of the molecule is O=C1CC[C@@H](O)[C@]12CCc1ccccc12. The molecule has 1 N–H and O–H groups in total. The number of rotatable bonds is 0. The van der Waals surface area contributed by atoms with Crippen molar-refractivity contribution in [3.63, 3.8) is 0 Å². The van der Waals surface area contributed by atoms with Crippen LogP contribution < -0.4 is 0 Å². The molecule has 1 aromatic rings. The lowest BCUT2D eigenvalue weighted by atomic mass is 9.78. The molecule has 0 amide bonds. The van der Waals surface area contributed by atoms with Crippen LogP contribution in [0.1, 0.15) is 30.4 Å². The zero-order valence-electron chi connectivity index (χ0n) is 8.57. The summed E-state index contributed by atoms with van der Waals surface area (Å²) >= 11 is 0. The summed E-state index contributed by atoms with van der Waals surface area (Å²) in [6.45, 7) is 0. The number of ketones is 1. The predicted molar refractivity (Wildman–Crippen MR) is 56.7 cm³/mol. The van der Waals surface area contributed by atoms with E-state index in [9.17, 15) is 9.90 Å². The first-order chi connectivity index (χ1) is 7.25. The number of aliphatic hydroxyl groups excluding tert-OH is 1. The van der Waals surface area contributed by atoms with Gasteiger partial charge in [-0.15, -0.1) is 0 Å². The molecule has 0 aromatic heterocycles. The second-order valence-corrected chi connectivity index (χ2v) is 4.61. The lowest BCUT2D eigenvalue weighted by molar-refractivity contribution is -0.124. The van der Waals surface area contributed by atoms with Gasteiger partial charge in [-0.1, -0.05) is 24.3 Å². The Balaban J connectivity index is 2.19. The van der Waals surface area contributed by atoms with Gasteiger partial charge in [-0.25, -0.2) is 0 Å². The van der Waals surface area contributed by atoms with E-state index in [2.05, 4.69) is 6.07 Å². The highest BCUT2D eigenvalue weighted by atomic mass is 16.3. The molecule has 0 saturated heterocycles. The summed E-state index contributed by atoms with van der Waals surface area (Å²) in [6, 6.07) is 8.05. The van der Waals surface area contributed by atoms with Crippen LogP contribution in [0.4, 0.5) is 0 Å². The Morgan fingerprint density at radius 1 is 1.27 bits per heavy atom. The molecule has 0 aliphatic heterocycles. The number of benzene rings is 1. The summed E-state index contributed by atoms with van der Waals surface area (Å²) in [7, 11) is 0. The number of aryl methyl sites for hydroxylation is 1. The predicted octanol–water partition coefficient (Wildman–Crippen LogP) is 1.59. The molecule has 15 heavy (non-hydrogen) atoms. The molecule has 2 aliphatic carbocycles. The van der Waals surface area contributed by atoms with Gasteiger partial charge in [0.15, 0.2) is 0 Å². The van der Waals surface area contributed by atoms with Crippen LogP contribution in [0.2, 0.25) is 0 Å². The van der Waals surface area contributed by atoms with Crippen molar-refractivity contribution in [2.45, 2.75) is 37.2 Å². The van der Waals surface area contributed by atoms with E-state index in [1.165, 1.54) is 5.56 Å². The molecule has 0 unspecified atom stereocenters. The van der Waals surface area contributed by atoms with Crippen molar-refractivity contribution < 1.29 is 9.90 Å². The van der Waals surface area contributed by atoms with Gasteiger partial charge in [0.25, 0.3) is 0 Å². The van der Waals surface area contributed by atoms with Crippen molar-refractivity contribution in [3.8, 4) is 0 Å². The van der Waals surface area contributed by atoms with Crippen LogP contribution >= 0.6 is 0 Å². The molecule has 3 rings (SSSR count). The van der Waals surface area contributed by atoms with Crippen LogP contribution in [0, 0.1) is 0 Å². The highest BCUT2D eigenvalue weighted by molar-refractivity contribution is 5.94. The second-order valence-electron chi connectivity index (χ2n) is 4.61. The van der Waals surface area contributed by atoms with Crippen molar-refractivity contribution in [3.05, 3.63) is 35.4 Å². The smallest absolute Gasteiger partial charge is 0.146 e. The van der Waals surface area contributed by atoms with Crippen molar-refractivity contribution in [2.24, 2.45) is 0 Å². The molecule has 2 aliphatic rings. The number of aliphatic hydroxyl groups is 1. The topological polar surface area (TPSA) is 37.3 Å². The Morgan fingerprint density at radius 2 is 2.07 bits per heavy atom. The summed E-state index contributed by atoms with van der Waals surface area (Å²) in [5.41, 5.74) is 1.78. The van der Waals surface area contributed by atoms with Gasteiger partial charge in [-0.3, -0.25) is 4.79 Å². The first kappa shape index (κ1) is 9.10. The van der Waals surface area contributed by atoms with Crippen LogP contribution in [0.15, 0.2) is 24.3 Å². The van der Waals surface area contributed by atoms with Crippen LogP contribution in [0.3, 0.4) is 0 Å². The minimum absolute atomic E-state index is 0.236. The largest absolute Gasteiger partial charge is 0.392 e. The van der Waals surface area contributed by atoms with Gasteiger partial charge in [0.2, 0.25) is 0 Å². The average molecular weight is 202 g/mol. The van der Waals surface area contributed by atoms with Gasteiger partial charge in [0.05, 0.1) is 11.5 Å². The van der Waals surface area contributed by atoms with Gasteiger partial charge in [-0.2, -0.15) is 0 Å². The fraction of sp³-hybridized carbons (Fsp3) is 0.462. The van der Waals surface area contributed by atoms with Gasteiger partial charge >= 0.3 is 0 Å². The quantitative estimate of drug-likeness (QED) is 0.693. The number of fused-ring (bicyclic) bond motifs is 2. The summed E-state index contributed by atoms with van der Waals surface area (Å²) in [5.74, 6) is 0.236. The van der Waals surface area contributed by atoms with Crippen molar-refractivity contribution in [1.29, 1.82) is 0 Å². The zero-order valence-corrected chi connectivity index (χ0v) is 8.57. The van der Waals surface area contributed by atoms with E-state index in [-0.39, 0.29) is 5.78 Å². The van der Waals surface area contributed by atoms with Gasteiger partial charge in [0, 0.05) is 6.42 Å². The highest BCUT2D eigenvalue weighted by Gasteiger charge is 2.53. The average Bonchev–Trinajstić information content (AvgIpc) is 2.77. The third-order valence-electron chi connectivity index (χ3n) is 4.00. The van der Waals surface area contributed by atoms with Crippen LogP contribution in [0.5, 0.6) is 0 Å². The minimum Gasteiger partial charge on any atom is -0.392 e. The molecule has 1 aromatic carbocycles. The third kappa shape index (κ3) is 1.00. The second kappa shape index (κ2) is 2.92. The molecule has 78 valence electrons. The Hall–Kier alpha value is -1.15. The molecule has 1 spiro atoms. The van der Waals surface area contributed by atoms with Gasteiger partial charge < -0.3 is 5.11 Å². The molecule has 1 saturated carbocycles. The molecule has 2 nitrogen and oxygen atoms in total. The Kier molecular flexibility index (Phi) is 1.77. The fourth-order valence-electron chi connectivity index (χ4n) is 3.20. The van der Waals surface area contributed by atoms with Gasteiger partial charge in [-0.05, 0) is 30.4 Å². The molecule has 1 fully saturated rings. The maximum Gasteiger partial charge on any atom is 0.146 e. The van der Waals surface area contributed by atoms with Crippen LogP contribution in [-0.2, 0) is 16.6 Å². The molecular formula is C13H14O2. The number of hydrogen-bond acceptors (Lipinski definition) is 2. The van der Waals surface area contributed by atoms with Crippen molar-refractivity contribution in [2.75, 3.05) is 0 Å². The lowest BCUT2D eigenvalue weighted by Crippen LogP contribution is -2.38. The maximum absolute atomic E-state index is 12.0. The molecular weight excluding hydrogens is 188 g/mol. The zero-order chi connectivity index (χ0) is 10.5. The van der Waals surface area contributed by atoms with Gasteiger partial charge in [0.1, 0.15) is 5.78 Å². The Bertz CT molecular complexity index is 424. The summed E-state index contributed by atoms with van der Waals surface area (Å²) < 4.78 is 0. The van der Waals surface area contributed by atoms with E-state index >= 15 is 0 Å². The highest BCUT2D eigenvalue weighted by Crippen LogP contribution is 2.47. The van der Waals surface area contributed by atoms with Crippen LogP contribution in [0.25, 0.3) is 0 Å². The summed E-state index contributed by atoms with van der Waals surface area (Å²) in [5, 5.41) is 10.1. The van der Waals surface area contributed by atoms with E-state index in [1.807, 2.05) is 18.2 Å². The number of carbonyl (C=O) groups is 1. The molecule has 0 bridgehead atoms. The molecule has 0 radical (unpaired) electrons. The number of hydrogen-bond donors (Lipinski definition) is 1. The fourth-order valence-corrected chi connectivity index (χ4v) is 3.20. The first-order valence-corrected chi connectivity index (χ1v) is 5.55. The maximum atomic E-state index is 12.0.